The number of carbonyl (C=O) groups excluding carboxylic acids is 1. The summed E-state index contributed by atoms with van der Waals surface area (Å²) in [5.41, 5.74) is 6.34. The second-order valence-corrected chi connectivity index (χ2v) is 7.10. The molecule has 124 valence electrons. The van der Waals surface area contributed by atoms with Crippen LogP contribution in [0.5, 0.6) is 0 Å². The molecule has 0 radical (unpaired) electrons. The Hall–Kier alpha value is -1.44. The number of methoxy groups -OCH3 is 1. The Morgan fingerprint density at radius 3 is 2.36 bits per heavy atom. The van der Waals surface area contributed by atoms with E-state index in [0.29, 0.717) is 24.0 Å². The van der Waals surface area contributed by atoms with Crippen LogP contribution in [0, 0.1) is 6.92 Å². The van der Waals surface area contributed by atoms with E-state index in [9.17, 15) is 13.2 Å². The molecule has 7 heteroatoms. The van der Waals surface area contributed by atoms with Crippen LogP contribution in [-0.4, -0.2) is 33.6 Å². The molecule has 0 spiro atoms. The summed E-state index contributed by atoms with van der Waals surface area (Å²) in [5.74, 6) is -0.502. The first-order valence-corrected chi connectivity index (χ1v) is 8.65. The fourth-order valence-electron chi connectivity index (χ4n) is 2.01. The summed E-state index contributed by atoms with van der Waals surface area (Å²) < 4.78 is 32.0. The van der Waals surface area contributed by atoms with Crippen molar-refractivity contribution < 1.29 is 17.9 Å². The van der Waals surface area contributed by atoms with Gasteiger partial charge in [0, 0.05) is 12.1 Å². The number of esters is 1. The molecule has 0 saturated carbocycles. The number of rotatable bonds is 7. The van der Waals surface area contributed by atoms with Gasteiger partial charge in [0.05, 0.1) is 17.6 Å². The molecule has 0 heterocycles. The molecule has 22 heavy (non-hydrogen) atoms. The minimum atomic E-state index is -3.68. The molecule has 0 aliphatic rings. The summed E-state index contributed by atoms with van der Waals surface area (Å²) in [6, 6.07) is 4.33. The van der Waals surface area contributed by atoms with Crippen LogP contribution in [0.2, 0.25) is 0 Å². The van der Waals surface area contributed by atoms with Gasteiger partial charge in [0.15, 0.2) is 0 Å². The minimum absolute atomic E-state index is 0.134. The van der Waals surface area contributed by atoms with Crippen molar-refractivity contribution in [2.24, 2.45) is 5.73 Å². The van der Waals surface area contributed by atoms with E-state index in [1.807, 2.05) is 13.8 Å². The number of benzene rings is 1. The number of nitrogens with one attached hydrogen (secondary N) is 1. The van der Waals surface area contributed by atoms with E-state index in [0.717, 1.165) is 0 Å². The molecular weight excluding hydrogens is 304 g/mol. The van der Waals surface area contributed by atoms with Gasteiger partial charge in [0.1, 0.15) is 0 Å². The fourth-order valence-corrected chi connectivity index (χ4v) is 3.38. The Morgan fingerprint density at radius 1 is 1.32 bits per heavy atom. The van der Waals surface area contributed by atoms with Crippen LogP contribution < -0.4 is 10.5 Å². The molecule has 1 aromatic carbocycles. The summed E-state index contributed by atoms with van der Waals surface area (Å²) in [4.78, 5) is 11.6. The zero-order valence-electron chi connectivity index (χ0n) is 13.5. The van der Waals surface area contributed by atoms with Crippen molar-refractivity contribution >= 4 is 16.0 Å². The van der Waals surface area contributed by atoms with Gasteiger partial charge in [0.25, 0.3) is 0 Å². The van der Waals surface area contributed by atoms with Crippen LogP contribution in [0.15, 0.2) is 23.1 Å². The molecule has 0 aliphatic carbocycles. The first kappa shape index (κ1) is 18.6. The van der Waals surface area contributed by atoms with Crippen LogP contribution >= 0.6 is 0 Å². The molecule has 0 atom stereocenters. The largest absolute Gasteiger partial charge is 0.465 e. The third kappa shape index (κ3) is 4.28. The van der Waals surface area contributed by atoms with Crippen molar-refractivity contribution in [1.82, 2.24) is 4.72 Å². The number of sulfonamides is 1. The quantitative estimate of drug-likeness (QED) is 0.740. The van der Waals surface area contributed by atoms with Gasteiger partial charge < -0.3 is 10.5 Å². The molecule has 0 aromatic heterocycles. The molecule has 6 nitrogen and oxygen atoms in total. The van der Waals surface area contributed by atoms with Crippen molar-refractivity contribution in [3.05, 3.63) is 29.3 Å². The lowest BCUT2D eigenvalue weighted by molar-refractivity contribution is 0.0600. The molecule has 0 unspecified atom stereocenters. The molecule has 3 N–H and O–H groups in total. The highest BCUT2D eigenvalue weighted by molar-refractivity contribution is 7.89. The number of carbonyl (C=O) groups is 1. The molecular formula is C15H24N2O4S. The third-order valence-electron chi connectivity index (χ3n) is 3.91. The van der Waals surface area contributed by atoms with Crippen LogP contribution in [0.4, 0.5) is 0 Å². The van der Waals surface area contributed by atoms with Gasteiger partial charge in [-0.05, 0) is 43.5 Å². The van der Waals surface area contributed by atoms with Crippen LogP contribution in [0.25, 0.3) is 0 Å². The number of hydrogen-bond donors (Lipinski definition) is 2. The van der Waals surface area contributed by atoms with Gasteiger partial charge in [-0.1, -0.05) is 13.8 Å². The van der Waals surface area contributed by atoms with Gasteiger partial charge in [-0.15, -0.1) is 0 Å². The Morgan fingerprint density at radius 2 is 1.91 bits per heavy atom. The third-order valence-corrected chi connectivity index (χ3v) is 5.47. The van der Waals surface area contributed by atoms with E-state index in [2.05, 4.69) is 9.46 Å². The average Bonchev–Trinajstić information content (AvgIpc) is 2.51. The van der Waals surface area contributed by atoms with Crippen molar-refractivity contribution in [3.8, 4) is 0 Å². The summed E-state index contributed by atoms with van der Waals surface area (Å²) in [6.45, 7) is 5.65. The second-order valence-electron chi connectivity index (χ2n) is 5.37. The Labute approximate surface area is 132 Å². The fraction of sp³-hybridized carbons (Fsp3) is 0.533. The van der Waals surface area contributed by atoms with E-state index in [-0.39, 0.29) is 11.4 Å². The molecule has 0 fully saturated rings. The highest BCUT2D eigenvalue weighted by Crippen LogP contribution is 2.18. The highest BCUT2D eigenvalue weighted by Gasteiger charge is 2.25. The minimum Gasteiger partial charge on any atom is -0.465 e. The summed E-state index contributed by atoms with van der Waals surface area (Å²) in [6.07, 6.45) is 1.35. The molecule has 1 rings (SSSR count). The smallest absolute Gasteiger partial charge is 0.337 e. The lowest BCUT2D eigenvalue weighted by atomic mass is 9.95. The van der Waals surface area contributed by atoms with E-state index in [4.69, 9.17) is 5.73 Å². The van der Waals surface area contributed by atoms with Gasteiger partial charge in [0.2, 0.25) is 10.0 Å². The number of ether oxygens (including phenoxy) is 1. The topological polar surface area (TPSA) is 98.5 Å². The normalized spacial score (nSPS) is 12.2. The zero-order valence-corrected chi connectivity index (χ0v) is 14.3. The standard InChI is InChI=1S/C15H24N2O4S/c1-5-15(16,6-2)10-17-22(19,20)13-8-7-12(9-11(13)3)14(18)21-4/h7-9,17H,5-6,10,16H2,1-4H3. The SMILES string of the molecule is CCC(N)(CC)CNS(=O)(=O)c1ccc(C(=O)OC)cc1C. The summed E-state index contributed by atoms with van der Waals surface area (Å²) in [7, 11) is -2.40. The Balaban J connectivity index is 3.01. The van der Waals surface area contributed by atoms with Gasteiger partial charge in [-0.25, -0.2) is 17.9 Å². The first-order chi connectivity index (χ1) is 10.2. The average molecular weight is 328 g/mol. The van der Waals surface area contributed by atoms with E-state index in [1.54, 1.807) is 6.92 Å². The zero-order chi connectivity index (χ0) is 17.0. The predicted octanol–water partition coefficient (Wildman–Crippen LogP) is 1.58. The van der Waals surface area contributed by atoms with Gasteiger partial charge in [-0.3, -0.25) is 0 Å². The first-order valence-electron chi connectivity index (χ1n) is 7.16. The maximum Gasteiger partial charge on any atom is 0.337 e. The lowest BCUT2D eigenvalue weighted by Crippen LogP contribution is -2.49. The maximum absolute atomic E-state index is 12.4. The molecule has 0 bridgehead atoms. The highest BCUT2D eigenvalue weighted by atomic mass is 32.2. The van der Waals surface area contributed by atoms with Crippen molar-refractivity contribution in [2.45, 2.75) is 44.0 Å². The number of aryl methyl sites for hydroxylation is 1. The van der Waals surface area contributed by atoms with Crippen molar-refractivity contribution in [1.29, 1.82) is 0 Å². The monoisotopic (exact) mass is 328 g/mol. The van der Waals surface area contributed by atoms with Gasteiger partial charge in [-0.2, -0.15) is 0 Å². The Bertz CT molecular complexity index is 637. The Kier molecular flexibility index (Phi) is 6.10. The molecule has 1 aromatic rings. The molecule has 0 aliphatic heterocycles. The van der Waals surface area contributed by atoms with E-state index < -0.39 is 21.5 Å². The molecule has 0 amide bonds. The van der Waals surface area contributed by atoms with Crippen LogP contribution in [0.3, 0.4) is 0 Å². The molecule has 0 saturated heterocycles. The van der Waals surface area contributed by atoms with Crippen LogP contribution in [0.1, 0.15) is 42.6 Å². The predicted molar refractivity (Wildman–Crippen MR) is 85.2 cm³/mol. The lowest BCUT2D eigenvalue weighted by Gasteiger charge is -2.26. The number of hydrogen-bond acceptors (Lipinski definition) is 5. The van der Waals surface area contributed by atoms with Gasteiger partial charge >= 0.3 is 5.97 Å². The van der Waals surface area contributed by atoms with Crippen LogP contribution in [-0.2, 0) is 14.8 Å². The van der Waals surface area contributed by atoms with E-state index >= 15 is 0 Å². The van der Waals surface area contributed by atoms with E-state index in [1.165, 1.54) is 25.3 Å². The maximum atomic E-state index is 12.4. The summed E-state index contributed by atoms with van der Waals surface area (Å²) >= 11 is 0. The van der Waals surface area contributed by atoms with Crippen molar-refractivity contribution in [2.75, 3.05) is 13.7 Å². The van der Waals surface area contributed by atoms with Crippen molar-refractivity contribution in [3.63, 3.8) is 0 Å². The second kappa shape index (κ2) is 7.21. The number of nitrogens with two attached hydrogens (primary N) is 1. The summed E-state index contributed by atoms with van der Waals surface area (Å²) in [5, 5.41) is 0.